The van der Waals surface area contributed by atoms with Crippen molar-refractivity contribution in [2.45, 2.75) is 38.3 Å². The first-order valence-corrected chi connectivity index (χ1v) is 5.14. The van der Waals surface area contributed by atoms with Crippen molar-refractivity contribution in [3.8, 4) is 0 Å². The second-order valence-electron chi connectivity index (χ2n) is 3.99. The molecule has 0 radical (unpaired) electrons. The minimum absolute atomic E-state index is 0.199. The summed E-state index contributed by atoms with van der Waals surface area (Å²) in [4.78, 5) is 0. The average Bonchev–Trinajstić information content (AvgIpc) is 2.84. The summed E-state index contributed by atoms with van der Waals surface area (Å²) < 4.78 is 5.14. The van der Waals surface area contributed by atoms with Crippen molar-refractivity contribution < 1.29 is 9.84 Å². The van der Waals surface area contributed by atoms with E-state index in [9.17, 15) is 0 Å². The minimum atomic E-state index is -0.199. The Morgan fingerprint density at radius 1 is 1.54 bits per heavy atom. The zero-order valence-corrected chi connectivity index (χ0v) is 8.62. The molecule has 0 aliphatic heterocycles. The monoisotopic (exact) mass is 187 g/mol. The quantitative estimate of drug-likeness (QED) is 0.618. The van der Waals surface area contributed by atoms with Gasteiger partial charge >= 0.3 is 0 Å². The first kappa shape index (κ1) is 11.0. The number of aliphatic hydroxyl groups is 1. The molecule has 78 valence electrons. The molecule has 1 fully saturated rings. The molecule has 0 saturated heterocycles. The molecule has 3 heteroatoms. The number of hydrogen-bond donors (Lipinski definition) is 2. The summed E-state index contributed by atoms with van der Waals surface area (Å²) in [7, 11) is 1.74. The van der Waals surface area contributed by atoms with E-state index in [-0.39, 0.29) is 6.10 Å². The van der Waals surface area contributed by atoms with Crippen LogP contribution in [0.4, 0.5) is 0 Å². The molecule has 1 aliphatic rings. The highest BCUT2D eigenvalue weighted by molar-refractivity contribution is 4.86. The molecule has 2 N–H and O–H groups in total. The molecule has 1 aliphatic carbocycles. The lowest BCUT2D eigenvalue weighted by Crippen LogP contribution is -2.36. The third-order valence-electron chi connectivity index (χ3n) is 2.51. The molecule has 0 aromatic carbocycles. The summed E-state index contributed by atoms with van der Waals surface area (Å²) in [6.45, 7) is 3.51. The van der Waals surface area contributed by atoms with E-state index >= 15 is 0 Å². The van der Waals surface area contributed by atoms with E-state index in [1.165, 1.54) is 12.8 Å². The fourth-order valence-corrected chi connectivity index (χ4v) is 1.52. The molecule has 1 rings (SSSR count). The van der Waals surface area contributed by atoms with Gasteiger partial charge in [0.15, 0.2) is 0 Å². The van der Waals surface area contributed by atoms with Crippen LogP contribution in [0.2, 0.25) is 0 Å². The van der Waals surface area contributed by atoms with Gasteiger partial charge in [0, 0.05) is 13.2 Å². The van der Waals surface area contributed by atoms with Crippen LogP contribution < -0.4 is 5.32 Å². The maximum atomic E-state index is 9.08. The third-order valence-corrected chi connectivity index (χ3v) is 2.51. The van der Waals surface area contributed by atoms with Crippen molar-refractivity contribution in [3.05, 3.63) is 0 Å². The normalized spacial score (nSPS) is 21.5. The first-order chi connectivity index (χ1) is 6.24. The molecule has 3 nitrogen and oxygen atoms in total. The van der Waals surface area contributed by atoms with E-state index in [2.05, 4.69) is 5.32 Å². The maximum Gasteiger partial charge on any atom is 0.0618 e. The molecular weight excluding hydrogens is 166 g/mol. The second-order valence-corrected chi connectivity index (χ2v) is 3.99. The Morgan fingerprint density at radius 2 is 2.23 bits per heavy atom. The highest BCUT2D eigenvalue weighted by Crippen LogP contribution is 2.32. The van der Waals surface area contributed by atoms with Gasteiger partial charge < -0.3 is 15.2 Å². The summed E-state index contributed by atoms with van der Waals surface area (Å²) >= 11 is 0. The van der Waals surface area contributed by atoms with E-state index in [1.807, 2.05) is 6.92 Å². The predicted octanol–water partition coefficient (Wildman–Crippen LogP) is 0.772. The molecular formula is C10H21NO2. The molecule has 2 unspecified atom stereocenters. The number of ether oxygens (including phenoxy) is 1. The number of methoxy groups -OCH3 is 1. The topological polar surface area (TPSA) is 41.5 Å². The van der Waals surface area contributed by atoms with Crippen LogP contribution in [0.3, 0.4) is 0 Å². The first-order valence-electron chi connectivity index (χ1n) is 5.14. The summed E-state index contributed by atoms with van der Waals surface area (Å²) in [5.41, 5.74) is 0. The van der Waals surface area contributed by atoms with Crippen LogP contribution in [0.25, 0.3) is 0 Å². The Labute approximate surface area is 80.5 Å². The number of hydrogen-bond acceptors (Lipinski definition) is 3. The smallest absolute Gasteiger partial charge is 0.0618 e. The Kier molecular flexibility index (Phi) is 4.70. The number of nitrogens with one attached hydrogen (secondary N) is 1. The van der Waals surface area contributed by atoms with Gasteiger partial charge in [0.05, 0.1) is 12.7 Å². The Bertz CT molecular complexity index is 135. The highest BCUT2D eigenvalue weighted by atomic mass is 16.5. The maximum absolute atomic E-state index is 9.08. The number of rotatable bonds is 7. The van der Waals surface area contributed by atoms with Crippen molar-refractivity contribution >= 4 is 0 Å². The van der Waals surface area contributed by atoms with Crippen molar-refractivity contribution in [1.29, 1.82) is 0 Å². The Hall–Kier alpha value is -0.120. The molecule has 0 aromatic rings. The fourth-order valence-electron chi connectivity index (χ4n) is 1.52. The predicted molar refractivity (Wildman–Crippen MR) is 52.7 cm³/mol. The largest absolute Gasteiger partial charge is 0.393 e. The van der Waals surface area contributed by atoms with Gasteiger partial charge in [-0.05, 0) is 38.6 Å². The lowest BCUT2D eigenvalue weighted by molar-refractivity contribution is 0.148. The zero-order valence-electron chi connectivity index (χ0n) is 8.62. The number of aliphatic hydroxyl groups excluding tert-OH is 1. The van der Waals surface area contributed by atoms with Crippen LogP contribution in [0.1, 0.15) is 26.2 Å². The van der Waals surface area contributed by atoms with Crippen LogP contribution in [0.15, 0.2) is 0 Å². The molecule has 0 aromatic heterocycles. The summed E-state index contributed by atoms with van der Waals surface area (Å²) in [6.07, 6.45) is 3.29. The lowest BCUT2D eigenvalue weighted by Gasteiger charge is -2.17. The van der Waals surface area contributed by atoms with E-state index in [1.54, 1.807) is 7.11 Å². The van der Waals surface area contributed by atoms with Gasteiger partial charge in [0.2, 0.25) is 0 Å². The van der Waals surface area contributed by atoms with Gasteiger partial charge in [-0.2, -0.15) is 0 Å². The fraction of sp³-hybridized carbons (Fsp3) is 1.00. The van der Waals surface area contributed by atoms with Crippen molar-refractivity contribution in [2.75, 3.05) is 20.3 Å². The average molecular weight is 187 g/mol. The molecule has 13 heavy (non-hydrogen) atoms. The summed E-state index contributed by atoms with van der Waals surface area (Å²) in [5.74, 6) is 0.814. The van der Waals surface area contributed by atoms with Crippen LogP contribution >= 0.6 is 0 Å². The minimum Gasteiger partial charge on any atom is -0.393 e. The van der Waals surface area contributed by atoms with Gasteiger partial charge in [-0.3, -0.25) is 0 Å². The van der Waals surface area contributed by atoms with Crippen molar-refractivity contribution in [3.63, 3.8) is 0 Å². The Balaban J connectivity index is 2.07. The van der Waals surface area contributed by atoms with Crippen molar-refractivity contribution in [2.24, 2.45) is 5.92 Å². The second kappa shape index (κ2) is 5.58. The molecule has 0 spiro atoms. The van der Waals surface area contributed by atoms with Crippen LogP contribution in [-0.4, -0.2) is 37.5 Å². The standard InChI is InChI=1S/C10H21NO2/c1-8(12)5-6-11-10(7-13-2)9-3-4-9/h8-12H,3-7H2,1-2H3. The molecule has 0 amide bonds. The zero-order chi connectivity index (χ0) is 9.68. The molecule has 1 saturated carbocycles. The van der Waals surface area contributed by atoms with Crippen molar-refractivity contribution in [1.82, 2.24) is 5.32 Å². The molecule has 0 heterocycles. The third kappa shape index (κ3) is 4.60. The van der Waals surface area contributed by atoms with Crippen LogP contribution in [-0.2, 0) is 4.74 Å². The van der Waals surface area contributed by atoms with E-state index in [4.69, 9.17) is 9.84 Å². The summed E-state index contributed by atoms with van der Waals surface area (Å²) in [6, 6.07) is 0.503. The van der Waals surface area contributed by atoms with Gasteiger partial charge in [0.25, 0.3) is 0 Å². The Morgan fingerprint density at radius 3 is 2.69 bits per heavy atom. The van der Waals surface area contributed by atoms with Crippen LogP contribution in [0.5, 0.6) is 0 Å². The van der Waals surface area contributed by atoms with Gasteiger partial charge in [-0.25, -0.2) is 0 Å². The van der Waals surface area contributed by atoms with Gasteiger partial charge in [-0.1, -0.05) is 0 Å². The molecule has 0 bridgehead atoms. The highest BCUT2D eigenvalue weighted by Gasteiger charge is 2.30. The van der Waals surface area contributed by atoms with Crippen LogP contribution in [0, 0.1) is 5.92 Å². The van der Waals surface area contributed by atoms with Gasteiger partial charge in [0.1, 0.15) is 0 Å². The lowest BCUT2D eigenvalue weighted by atomic mass is 10.2. The SMILES string of the molecule is COCC(NCCC(C)O)C1CC1. The van der Waals surface area contributed by atoms with Gasteiger partial charge in [-0.15, -0.1) is 0 Å². The molecule has 2 atom stereocenters. The summed E-state index contributed by atoms with van der Waals surface area (Å²) in [5, 5.41) is 12.5. The van der Waals surface area contributed by atoms with E-state index in [0.29, 0.717) is 6.04 Å². The van der Waals surface area contributed by atoms with E-state index in [0.717, 1.165) is 25.5 Å². The van der Waals surface area contributed by atoms with E-state index < -0.39 is 0 Å².